The zero-order valence-electron chi connectivity index (χ0n) is 57.7. The van der Waals surface area contributed by atoms with Gasteiger partial charge in [0, 0.05) is 43.8 Å². The van der Waals surface area contributed by atoms with Gasteiger partial charge in [-0.15, -0.1) is 24.9 Å². The van der Waals surface area contributed by atoms with Crippen molar-refractivity contribution in [3.05, 3.63) is 79.4 Å². The highest BCUT2D eigenvalue weighted by atomic mass is 32.2. The summed E-state index contributed by atoms with van der Waals surface area (Å²) in [4.78, 5) is 209. The molecule has 0 aliphatic carbocycles. The van der Waals surface area contributed by atoms with Gasteiger partial charge in [0.15, 0.2) is 0 Å². The normalized spacial score (nSPS) is 24.9. The number of nitrogens with two attached hydrogens (primary N) is 3. The van der Waals surface area contributed by atoms with E-state index in [4.69, 9.17) is 17.2 Å². The van der Waals surface area contributed by atoms with Crippen molar-refractivity contribution in [2.24, 2.45) is 39.9 Å². The number of allylic oxidation sites excluding steroid dienone is 2. The van der Waals surface area contributed by atoms with Crippen LogP contribution in [0.4, 0.5) is 0 Å². The molecule has 3 aliphatic heterocycles. The summed E-state index contributed by atoms with van der Waals surface area (Å²) < 4.78 is 0. The predicted octanol–water partition coefficient (Wildman–Crippen LogP) is -1.89. The number of rotatable bonds is 30. The number of hydrogen-bond donors (Lipinski definition) is 16. The molecule has 1 aromatic heterocycles. The minimum absolute atomic E-state index is 0.0106. The Morgan fingerprint density at radius 3 is 1.97 bits per heavy atom. The minimum atomic E-state index is -1.95. The number of amides is 12. The SMILES string of the molecule is C=CCC(C)C(N)C1=NC(C(=O)NC2CC(C)N(C(CCC(=O)O)C(=O)NC(C(=O)NC3CCCCNC(=O)C(CC(N)=O)NC(=O)C(CC(=O)O)NC(=O)C(Cc4c[nH]cn4)NC(=O)C(Cc4ccccc4)NC(=O)C(C(C)CC)NC(=O)C(CCCN)NC3=O)C(C)CC=C)C2=O)CS1. The zero-order valence-corrected chi connectivity index (χ0v) is 58.5. The van der Waals surface area contributed by atoms with E-state index in [0.29, 0.717) is 17.0 Å². The van der Waals surface area contributed by atoms with Gasteiger partial charge < -0.3 is 90.5 Å². The number of thioether (sulfide) groups is 1. The molecule has 0 radical (unpaired) electrons. The number of carbonyl (C=O) groups is 14. The van der Waals surface area contributed by atoms with Crippen LogP contribution in [-0.4, -0.2) is 210 Å². The van der Waals surface area contributed by atoms with Crippen molar-refractivity contribution in [2.45, 2.75) is 209 Å². The van der Waals surface area contributed by atoms with E-state index in [-0.39, 0.29) is 94.7 Å². The number of likely N-dealkylation sites (tertiary alicyclic amines) is 1. The van der Waals surface area contributed by atoms with Crippen molar-refractivity contribution >= 4 is 99.6 Å². The second kappa shape index (κ2) is 40.6. The molecular formula is C67H99N17O16S. The Kier molecular flexibility index (Phi) is 33.0. The highest BCUT2D eigenvalue weighted by Crippen LogP contribution is 2.28. The monoisotopic (exact) mass is 1430 g/mol. The van der Waals surface area contributed by atoms with E-state index in [2.05, 4.69) is 81.3 Å². The summed E-state index contributed by atoms with van der Waals surface area (Å²) in [5, 5.41) is 46.6. The van der Waals surface area contributed by atoms with Gasteiger partial charge in [-0.05, 0) is 94.6 Å². The van der Waals surface area contributed by atoms with Crippen LogP contribution < -0.4 is 70.4 Å². The Labute approximate surface area is 590 Å². The second-order valence-corrected chi connectivity index (χ2v) is 26.9. The first-order valence-electron chi connectivity index (χ1n) is 33.9. The number of aliphatic carboxylic acids is 2. The number of aromatic nitrogens is 2. The first-order valence-corrected chi connectivity index (χ1v) is 34.9. The maximum Gasteiger partial charge on any atom is 0.305 e. The van der Waals surface area contributed by atoms with Crippen LogP contribution in [-0.2, 0) is 80.0 Å². The molecule has 101 heavy (non-hydrogen) atoms. The van der Waals surface area contributed by atoms with E-state index in [1.807, 2.05) is 6.92 Å². The molecule has 0 bridgehead atoms. The van der Waals surface area contributed by atoms with Gasteiger partial charge in [0.2, 0.25) is 70.9 Å². The Balaban J connectivity index is 1.52. The van der Waals surface area contributed by atoms with Gasteiger partial charge in [0.25, 0.3) is 0 Å². The summed E-state index contributed by atoms with van der Waals surface area (Å²) in [5.41, 5.74) is 18.7. The maximum atomic E-state index is 15.0. The van der Waals surface area contributed by atoms with Gasteiger partial charge in [-0.3, -0.25) is 72.1 Å². The van der Waals surface area contributed by atoms with Crippen LogP contribution in [0.15, 0.2) is 73.2 Å². The molecule has 33 nitrogen and oxygen atoms in total. The Morgan fingerprint density at radius 1 is 0.743 bits per heavy atom. The average molecular weight is 1430 g/mol. The molecule has 0 spiro atoms. The highest BCUT2D eigenvalue weighted by Gasteiger charge is 2.46. The maximum absolute atomic E-state index is 15.0. The fourth-order valence-corrected chi connectivity index (χ4v) is 13.0. The number of imidazole rings is 1. The van der Waals surface area contributed by atoms with E-state index in [9.17, 15) is 72.5 Å². The molecule has 16 atom stereocenters. The number of hydrogen-bond acceptors (Lipinski definition) is 19. The summed E-state index contributed by atoms with van der Waals surface area (Å²) >= 11 is 1.33. The molecule has 19 N–H and O–H groups in total. The molecular weight excluding hydrogens is 1330 g/mol. The smallest absolute Gasteiger partial charge is 0.305 e. The molecule has 12 amide bonds. The molecule has 554 valence electrons. The van der Waals surface area contributed by atoms with Gasteiger partial charge in [0.05, 0.1) is 35.9 Å². The summed E-state index contributed by atoms with van der Waals surface area (Å²) in [6.07, 6.45) is 3.18. The summed E-state index contributed by atoms with van der Waals surface area (Å²) in [7, 11) is 0. The molecule has 5 rings (SSSR count). The van der Waals surface area contributed by atoms with Crippen molar-refractivity contribution in [3.8, 4) is 0 Å². The minimum Gasteiger partial charge on any atom is -0.481 e. The quantitative estimate of drug-likeness (QED) is 0.0380. The summed E-state index contributed by atoms with van der Waals surface area (Å²) in [5.74, 6) is -15.4. The van der Waals surface area contributed by atoms with Crippen LogP contribution in [0.5, 0.6) is 0 Å². The van der Waals surface area contributed by atoms with Gasteiger partial charge >= 0.3 is 11.9 Å². The van der Waals surface area contributed by atoms with Gasteiger partial charge in [-0.25, -0.2) is 4.98 Å². The molecule has 2 aromatic rings. The van der Waals surface area contributed by atoms with Gasteiger partial charge in [-0.1, -0.05) is 76.6 Å². The number of benzene rings is 1. The number of carbonyl (C=O) groups excluding carboxylic acids is 12. The first-order chi connectivity index (χ1) is 48.0. The lowest BCUT2D eigenvalue weighted by atomic mass is 9.95. The first kappa shape index (κ1) is 82.1. The summed E-state index contributed by atoms with van der Waals surface area (Å²) in [6.45, 7) is 15.9. The van der Waals surface area contributed by atoms with E-state index < -0.39 is 199 Å². The molecule has 3 aliphatic rings. The van der Waals surface area contributed by atoms with Crippen molar-refractivity contribution < 1.29 is 77.3 Å². The lowest BCUT2D eigenvalue weighted by Gasteiger charge is -2.33. The fourth-order valence-electron chi connectivity index (χ4n) is 11.8. The third kappa shape index (κ3) is 25.2. The Hall–Kier alpha value is -9.57. The van der Waals surface area contributed by atoms with Crippen molar-refractivity contribution in [2.75, 3.05) is 18.8 Å². The topological polar surface area (TPSA) is 522 Å². The fraction of sp³-hybridized carbons (Fsp3) is 0.582. The predicted molar refractivity (Wildman–Crippen MR) is 372 cm³/mol. The van der Waals surface area contributed by atoms with E-state index in [1.54, 1.807) is 64.1 Å². The lowest BCUT2D eigenvalue weighted by Crippen LogP contribution is -2.62. The van der Waals surface area contributed by atoms with Crippen molar-refractivity contribution in [3.63, 3.8) is 0 Å². The van der Waals surface area contributed by atoms with Crippen molar-refractivity contribution in [1.82, 2.24) is 68.0 Å². The molecule has 16 unspecified atom stereocenters. The third-order valence-corrected chi connectivity index (χ3v) is 19.0. The van der Waals surface area contributed by atoms with Crippen LogP contribution in [0.3, 0.4) is 0 Å². The number of H-pyrrole nitrogens is 1. The van der Waals surface area contributed by atoms with Crippen LogP contribution in [0.1, 0.15) is 129 Å². The number of nitrogens with one attached hydrogen (secondary N) is 11. The van der Waals surface area contributed by atoms with Crippen LogP contribution in [0.2, 0.25) is 0 Å². The van der Waals surface area contributed by atoms with Crippen LogP contribution in [0, 0.1) is 17.8 Å². The van der Waals surface area contributed by atoms with Gasteiger partial charge in [-0.2, -0.15) is 0 Å². The van der Waals surface area contributed by atoms with E-state index in [0.717, 1.165) is 0 Å². The van der Waals surface area contributed by atoms with Crippen LogP contribution >= 0.6 is 11.8 Å². The number of carboxylic acid groups (broad SMARTS) is 2. The number of aliphatic imine (C=N–C) groups is 1. The van der Waals surface area contributed by atoms with E-state index >= 15 is 4.79 Å². The highest BCUT2D eigenvalue weighted by molar-refractivity contribution is 8.14. The molecule has 34 heteroatoms. The number of carboxylic acids is 2. The molecule has 2 saturated heterocycles. The Morgan fingerprint density at radius 2 is 1.36 bits per heavy atom. The number of primary amides is 1. The second-order valence-electron chi connectivity index (χ2n) is 25.8. The Bertz CT molecular complexity index is 3300. The van der Waals surface area contributed by atoms with Gasteiger partial charge in [0.1, 0.15) is 66.5 Å². The molecule has 4 heterocycles. The third-order valence-electron chi connectivity index (χ3n) is 17.8. The number of aromatic amines is 1. The van der Waals surface area contributed by atoms with E-state index in [1.165, 1.54) is 35.3 Å². The van der Waals surface area contributed by atoms with Crippen LogP contribution in [0.25, 0.3) is 0 Å². The average Bonchev–Trinajstić information content (AvgIpc) is 1.67. The zero-order chi connectivity index (χ0) is 74.6. The number of nitrogens with zero attached hydrogens (tertiary/aromatic N) is 3. The molecule has 1 aromatic carbocycles. The molecule has 2 fully saturated rings. The molecule has 0 saturated carbocycles. The largest absolute Gasteiger partial charge is 0.481 e. The summed E-state index contributed by atoms with van der Waals surface area (Å²) in [6, 6.07) is -9.16. The van der Waals surface area contributed by atoms with Crippen molar-refractivity contribution in [1.29, 1.82) is 0 Å². The lowest BCUT2D eigenvalue weighted by molar-refractivity contribution is -0.144. The standard InChI is InChI=1S/C67H99N17O16S/c1-8-17-36(5)53(70)66-81-48(33-101-66)62(96)80-47-27-38(7)84(67(47)100)49(23-24-51(86)87)63(97)83-55(37(6)18-9-2)65(99)75-41-21-14-15-26-72-56(90)45(30-50(69)85)77-61(95)46(31-52(88)89)78-60(94)44(29-40-32-71-34-73-40)76-59(93)43(28-39-19-12-11-13-20-39)79-64(98)54(35(4)10-3)82-58(92)42(22-16-25-68)74-57(41)91/h8-9,11-13,19-20,32,34-38,41-49,53-55H,1-2,10,14-18,21-31,33,68,70H2,3-7H3,(H2,69,85)(H,71,73)(H,72,90)(H,74,91)(H,75,99)(H,76,93)(H,77,95)(H,78,94)(H,79,98)(H,80,96)(H,82,92)(H,83,97)(H,86,87)(H,88,89).